The summed E-state index contributed by atoms with van der Waals surface area (Å²) in [6, 6.07) is 15.4. The first kappa shape index (κ1) is 12.0. The minimum atomic E-state index is -0.206. The first-order valence-electron chi connectivity index (χ1n) is 6.43. The second-order valence-electron chi connectivity index (χ2n) is 5.04. The fourth-order valence-electron chi connectivity index (χ4n) is 2.32. The monoisotopic (exact) mass is 253 g/mol. The fourth-order valence-corrected chi connectivity index (χ4v) is 2.32. The van der Waals surface area contributed by atoms with Crippen molar-refractivity contribution in [1.29, 1.82) is 0 Å². The number of halogens is 1. The van der Waals surface area contributed by atoms with Gasteiger partial charge in [0.2, 0.25) is 0 Å². The Labute approximate surface area is 113 Å². The molecule has 0 bridgehead atoms. The third kappa shape index (κ3) is 2.39. The molecule has 0 amide bonds. The Bertz CT molecular complexity index is 598. The van der Waals surface area contributed by atoms with E-state index in [1.165, 1.54) is 23.4 Å². The number of anilines is 1. The average Bonchev–Trinajstić information content (AvgIpc) is 3.20. The van der Waals surface area contributed by atoms with Gasteiger partial charge in [-0.2, -0.15) is 0 Å². The molecule has 3 rings (SSSR count). The molecule has 2 heteroatoms. The molecule has 0 aliphatic carbocycles. The van der Waals surface area contributed by atoms with Crippen molar-refractivity contribution >= 4 is 11.3 Å². The maximum absolute atomic E-state index is 12.9. The van der Waals surface area contributed by atoms with E-state index >= 15 is 0 Å². The predicted octanol–water partition coefficient (Wildman–Crippen LogP) is 4.04. The first-order valence-corrected chi connectivity index (χ1v) is 6.43. The Morgan fingerprint density at radius 1 is 1.11 bits per heavy atom. The van der Waals surface area contributed by atoms with E-state index in [1.807, 2.05) is 0 Å². The summed E-state index contributed by atoms with van der Waals surface area (Å²) in [6.07, 6.45) is 0. The Morgan fingerprint density at radius 3 is 2.37 bits per heavy atom. The van der Waals surface area contributed by atoms with Crippen LogP contribution in [-0.4, -0.2) is 12.6 Å². The van der Waals surface area contributed by atoms with Gasteiger partial charge in [-0.15, -0.1) is 0 Å². The number of nitrogens with zero attached hydrogens (tertiary/aromatic N) is 1. The number of hydrogen-bond acceptors (Lipinski definition) is 1. The van der Waals surface area contributed by atoms with Crippen molar-refractivity contribution in [3.63, 3.8) is 0 Å². The molecule has 1 aliphatic heterocycles. The van der Waals surface area contributed by atoms with Gasteiger partial charge in [-0.1, -0.05) is 36.4 Å². The van der Waals surface area contributed by atoms with Gasteiger partial charge in [0.15, 0.2) is 0 Å². The topological polar surface area (TPSA) is 3.01 Å². The summed E-state index contributed by atoms with van der Waals surface area (Å²) in [7, 11) is 0. The molecule has 0 spiro atoms. The highest BCUT2D eigenvalue weighted by atomic mass is 19.1. The third-order valence-corrected chi connectivity index (χ3v) is 3.60. The zero-order valence-corrected chi connectivity index (χ0v) is 10.9. The van der Waals surface area contributed by atoms with Crippen LogP contribution in [0.1, 0.15) is 11.1 Å². The van der Waals surface area contributed by atoms with Gasteiger partial charge in [0.25, 0.3) is 0 Å². The van der Waals surface area contributed by atoms with Gasteiger partial charge >= 0.3 is 0 Å². The molecule has 1 saturated heterocycles. The van der Waals surface area contributed by atoms with Crippen LogP contribution in [0.2, 0.25) is 0 Å². The molecule has 1 aliphatic rings. The van der Waals surface area contributed by atoms with Crippen LogP contribution in [0.5, 0.6) is 0 Å². The van der Waals surface area contributed by atoms with Crippen LogP contribution >= 0.6 is 0 Å². The molecule has 0 saturated carbocycles. The summed E-state index contributed by atoms with van der Waals surface area (Å²) in [5.74, 6) is -0.206. The molecule has 96 valence electrons. The van der Waals surface area contributed by atoms with Crippen LogP contribution in [0.4, 0.5) is 10.1 Å². The van der Waals surface area contributed by atoms with Gasteiger partial charge < -0.3 is 4.90 Å². The largest absolute Gasteiger partial charge is 0.360 e. The summed E-state index contributed by atoms with van der Waals surface area (Å²) < 4.78 is 12.9. The fraction of sp³-hybridized carbons (Fsp3) is 0.176. The third-order valence-electron chi connectivity index (χ3n) is 3.60. The van der Waals surface area contributed by atoms with Crippen LogP contribution in [0.25, 0.3) is 5.57 Å². The first-order chi connectivity index (χ1) is 9.15. The maximum Gasteiger partial charge on any atom is 0.123 e. The minimum absolute atomic E-state index is 0.206. The van der Waals surface area contributed by atoms with Crippen molar-refractivity contribution in [2.45, 2.75) is 13.0 Å². The lowest BCUT2D eigenvalue weighted by atomic mass is 10.0. The normalized spacial score (nSPS) is 17.4. The van der Waals surface area contributed by atoms with E-state index in [0.29, 0.717) is 6.04 Å². The molecule has 0 radical (unpaired) electrons. The van der Waals surface area contributed by atoms with E-state index in [2.05, 4.69) is 42.7 Å². The number of hydrogen-bond donors (Lipinski definition) is 0. The number of rotatable bonds is 3. The van der Waals surface area contributed by atoms with Gasteiger partial charge in [-0.25, -0.2) is 4.39 Å². The lowest BCUT2D eigenvalue weighted by Crippen LogP contribution is -2.01. The van der Waals surface area contributed by atoms with Gasteiger partial charge in [0.05, 0.1) is 6.04 Å². The van der Waals surface area contributed by atoms with Crippen molar-refractivity contribution in [1.82, 2.24) is 0 Å². The van der Waals surface area contributed by atoms with Crippen LogP contribution in [0.3, 0.4) is 0 Å². The lowest BCUT2D eigenvalue weighted by molar-refractivity contribution is 0.627. The van der Waals surface area contributed by atoms with Crippen molar-refractivity contribution in [3.05, 3.63) is 72.1 Å². The zero-order valence-electron chi connectivity index (χ0n) is 10.9. The molecule has 0 aromatic heterocycles. The van der Waals surface area contributed by atoms with E-state index in [-0.39, 0.29) is 5.82 Å². The van der Waals surface area contributed by atoms with Crippen LogP contribution in [0, 0.1) is 12.7 Å². The molecule has 19 heavy (non-hydrogen) atoms. The van der Waals surface area contributed by atoms with E-state index < -0.39 is 0 Å². The zero-order chi connectivity index (χ0) is 13.4. The van der Waals surface area contributed by atoms with Gasteiger partial charge in [0.1, 0.15) is 5.82 Å². The highest BCUT2D eigenvalue weighted by Crippen LogP contribution is 2.35. The van der Waals surface area contributed by atoms with E-state index in [4.69, 9.17) is 0 Å². The Balaban J connectivity index is 1.74. The smallest absolute Gasteiger partial charge is 0.123 e. The van der Waals surface area contributed by atoms with E-state index in [1.54, 1.807) is 12.1 Å². The summed E-state index contributed by atoms with van der Waals surface area (Å²) in [5.41, 5.74) is 4.56. The summed E-state index contributed by atoms with van der Waals surface area (Å²) in [5, 5.41) is 0. The molecule has 2 aromatic rings. The lowest BCUT2D eigenvalue weighted by Gasteiger charge is -2.08. The standard InChI is InChI=1S/C17H16FN/c1-12-3-9-16(10-4-12)19-11-17(19)13(2)14-5-7-15(18)8-6-14/h3-10,17H,2,11H2,1H3. The van der Waals surface area contributed by atoms with Crippen LogP contribution in [0.15, 0.2) is 55.1 Å². The van der Waals surface area contributed by atoms with E-state index in [9.17, 15) is 4.39 Å². The van der Waals surface area contributed by atoms with Crippen molar-refractivity contribution in [2.75, 3.05) is 11.4 Å². The Kier molecular flexibility index (Phi) is 2.86. The molecular formula is C17H16FN. The molecule has 0 N–H and O–H groups in total. The Hall–Kier alpha value is -2.09. The van der Waals surface area contributed by atoms with Gasteiger partial charge in [-0.05, 0) is 42.3 Å². The van der Waals surface area contributed by atoms with E-state index in [0.717, 1.165) is 17.7 Å². The minimum Gasteiger partial charge on any atom is -0.360 e. The molecule has 1 heterocycles. The van der Waals surface area contributed by atoms with Crippen molar-refractivity contribution in [3.8, 4) is 0 Å². The molecule has 1 fully saturated rings. The molecule has 1 unspecified atom stereocenters. The molecule has 2 aromatic carbocycles. The summed E-state index contributed by atoms with van der Waals surface area (Å²) >= 11 is 0. The van der Waals surface area contributed by atoms with Crippen LogP contribution < -0.4 is 4.90 Å². The van der Waals surface area contributed by atoms with Crippen LogP contribution in [-0.2, 0) is 0 Å². The second kappa shape index (κ2) is 4.54. The second-order valence-corrected chi connectivity index (χ2v) is 5.04. The summed E-state index contributed by atoms with van der Waals surface area (Å²) in [4.78, 5) is 2.30. The number of benzene rings is 2. The predicted molar refractivity (Wildman–Crippen MR) is 77.7 cm³/mol. The quantitative estimate of drug-likeness (QED) is 0.746. The van der Waals surface area contributed by atoms with Crippen molar-refractivity contribution in [2.24, 2.45) is 0 Å². The van der Waals surface area contributed by atoms with Gasteiger partial charge in [-0.3, -0.25) is 0 Å². The number of aryl methyl sites for hydroxylation is 1. The Morgan fingerprint density at radius 2 is 1.74 bits per heavy atom. The highest BCUT2D eigenvalue weighted by Gasteiger charge is 2.36. The maximum atomic E-state index is 12.9. The summed E-state index contributed by atoms with van der Waals surface area (Å²) in [6.45, 7) is 7.22. The molecular weight excluding hydrogens is 237 g/mol. The van der Waals surface area contributed by atoms with Gasteiger partial charge in [0, 0.05) is 12.2 Å². The van der Waals surface area contributed by atoms with Crippen molar-refractivity contribution < 1.29 is 4.39 Å². The molecule has 1 nitrogen and oxygen atoms in total. The average molecular weight is 253 g/mol. The SMILES string of the molecule is C=C(c1ccc(F)cc1)C1CN1c1ccc(C)cc1. The molecule has 1 atom stereocenters. The highest BCUT2D eigenvalue weighted by molar-refractivity contribution is 5.77.